The summed E-state index contributed by atoms with van der Waals surface area (Å²) in [4.78, 5) is 0.0699. The first kappa shape index (κ1) is 15.2. The van der Waals surface area contributed by atoms with Gasteiger partial charge in [-0.1, -0.05) is 11.6 Å². The molecule has 7 heteroatoms. The monoisotopic (exact) mass is 321 g/mol. The van der Waals surface area contributed by atoms with E-state index in [2.05, 4.69) is 4.72 Å². The molecule has 21 heavy (non-hydrogen) atoms. The Morgan fingerprint density at radius 1 is 1.24 bits per heavy atom. The zero-order chi connectivity index (χ0) is 15.6. The van der Waals surface area contributed by atoms with E-state index in [1.807, 2.05) is 6.07 Å². The van der Waals surface area contributed by atoms with Crippen molar-refractivity contribution < 1.29 is 8.42 Å². The van der Waals surface area contributed by atoms with Crippen LogP contribution >= 0.6 is 11.6 Å². The van der Waals surface area contributed by atoms with Gasteiger partial charge >= 0.3 is 0 Å². The molecule has 0 unspecified atom stereocenters. The Kier molecular flexibility index (Phi) is 4.07. The highest BCUT2D eigenvalue weighted by Crippen LogP contribution is 2.24. The first-order valence-corrected chi connectivity index (χ1v) is 7.77. The standard InChI is InChI=1S/C14H12ClN3O2S/c1-9-4-11(17)6-13(5-9)21(19,20)18-12-3-2-10(8-16)14(15)7-12/h2-7,18H,17H2,1H3. The molecule has 5 nitrogen and oxygen atoms in total. The van der Waals surface area contributed by atoms with E-state index in [-0.39, 0.29) is 21.2 Å². The largest absolute Gasteiger partial charge is 0.399 e. The summed E-state index contributed by atoms with van der Waals surface area (Å²) in [5.74, 6) is 0. The fourth-order valence-corrected chi connectivity index (χ4v) is 3.23. The summed E-state index contributed by atoms with van der Waals surface area (Å²) < 4.78 is 27.0. The van der Waals surface area contributed by atoms with Crippen LogP contribution in [-0.4, -0.2) is 8.42 Å². The van der Waals surface area contributed by atoms with Gasteiger partial charge in [-0.2, -0.15) is 5.26 Å². The minimum atomic E-state index is -3.77. The quantitative estimate of drug-likeness (QED) is 0.849. The average molecular weight is 322 g/mol. The van der Waals surface area contributed by atoms with E-state index >= 15 is 0 Å². The van der Waals surface area contributed by atoms with Crippen molar-refractivity contribution in [2.75, 3.05) is 10.5 Å². The molecule has 0 amide bonds. The van der Waals surface area contributed by atoms with Gasteiger partial charge in [0.2, 0.25) is 0 Å². The predicted octanol–water partition coefficient (Wildman–Crippen LogP) is 2.90. The van der Waals surface area contributed by atoms with Gasteiger partial charge in [0, 0.05) is 5.69 Å². The van der Waals surface area contributed by atoms with Crippen LogP contribution in [0.5, 0.6) is 0 Å². The fourth-order valence-electron chi connectivity index (χ4n) is 1.82. The first-order valence-electron chi connectivity index (χ1n) is 5.91. The van der Waals surface area contributed by atoms with Crippen LogP contribution in [0, 0.1) is 18.3 Å². The molecule has 3 N–H and O–H groups in total. The number of anilines is 2. The third-order valence-electron chi connectivity index (χ3n) is 2.73. The van der Waals surface area contributed by atoms with Crippen LogP contribution in [0.1, 0.15) is 11.1 Å². The van der Waals surface area contributed by atoms with Crippen molar-refractivity contribution >= 4 is 33.0 Å². The Bertz CT molecular complexity index is 822. The van der Waals surface area contributed by atoms with Gasteiger partial charge in [0.15, 0.2) is 0 Å². The highest BCUT2D eigenvalue weighted by molar-refractivity contribution is 7.92. The maximum atomic E-state index is 12.3. The highest BCUT2D eigenvalue weighted by atomic mass is 35.5. The van der Waals surface area contributed by atoms with Crippen LogP contribution in [0.15, 0.2) is 41.3 Å². The molecule has 0 saturated carbocycles. The van der Waals surface area contributed by atoms with E-state index in [1.165, 1.54) is 30.3 Å². The lowest BCUT2D eigenvalue weighted by Gasteiger charge is -2.10. The number of hydrogen-bond donors (Lipinski definition) is 2. The number of aryl methyl sites for hydroxylation is 1. The second kappa shape index (κ2) is 5.64. The number of nitrogen functional groups attached to an aromatic ring is 1. The van der Waals surface area contributed by atoms with E-state index in [4.69, 9.17) is 22.6 Å². The SMILES string of the molecule is Cc1cc(N)cc(S(=O)(=O)Nc2ccc(C#N)c(Cl)c2)c1. The Morgan fingerprint density at radius 2 is 1.95 bits per heavy atom. The summed E-state index contributed by atoms with van der Waals surface area (Å²) in [7, 11) is -3.77. The molecule has 0 atom stereocenters. The van der Waals surface area contributed by atoms with E-state index in [0.717, 1.165) is 5.56 Å². The van der Waals surface area contributed by atoms with Crippen LogP contribution in [0.4, 0.5) is 11.4 Å². The molecule has 0 aliphatic heterocycles. The molecular weight excluding hydrogens is 310 g/mol. The molecular formula is C14H12ClN3O2S. The molecule has 0 aliphatic rings. The van der Waals surface area contributed by atoms with Crippen molar-refractivity contribution in [1.29, 1.82) is 5.26 Å². The summed E-state index contributed by atoms with van der Waals surface area (Å²) in [6.07, 6.45) is 0. The maximum absolute atomic E-state index is 12.3. The summed E-state index contributed by atoms with van der Waals surface area (Å²) in [6.45, 7) is 1.76. The van der Waals surface area contributed by atoms with Crippen molar-refractivity contribution in [3.63, 3.8) is 0 Å². The fraction of sp³-hybridized carbons (Fsp3) is 0.0714. The van der Waals surface area contributed by atoms with Crippen molar-refractivity contribution in [3.05, 3.63) is 52.5 Å². The topological polar surface area (TPSA) is 96.0 Å². The van der Waals surface area contributed by atoms with Crippen LogP contribution in [0.2, 0.25) is 5.02 Å². The number of nitriles is 1. The lowest BCUT2D eigenvalue weighted by atomic mass is 10.2. The molecule has 0 aromatic heterocycles. The number of benzene rings is 2. The first-order chi connectivity index (χ1) is 9.81. The average Bonchev–Trinajstić information content (AvgIpc) is 2.37. The minimum absolute atomic E-state index is 0.0699. The second-order valence-corrected chi connectivity index (χ2v) is 6.58. The molecule has 2 aromatic carbocycles. The molecule has 108 valence electrons. The van der Waals surface area contributed by atoms with Crippen LogP contribution in [0.3, 0.4) is 0 Å². The summed E-state index contributed by atoms with van der Waals surface area (Å²) in [5, 5.41) is 8.98. The van der Waals surface area contributed by atoms with Crippen LogP contribution in [-0.2, 0) is 10.0 Å². The lowest BCUT2D eigenvalue weighted by molar-refractivity contribution is 0.601. The van der Waals surface area contributed by atoms with E-state index in [9.17, 15) is 8.42 Å². The van der Waals surface area contributed by atoms with Crippen LogP contribution < -0.4 is 10.5 Å². The van der Waals surface area contributed by atoms with Crippen molar-refractivity contribution in [3.8, 4) is 6.07 Å². The van der Waals surface area contributed by atoms with Crippen molar-refractivity contribution in [1.82, 2.24) is 0 Å². The van der Waals surface area contributed by atoms with Gasteiger partial charge in [-0.15, -0.1) is 0 Å². The Hall–Kier alpha value is -2.23. The Labute approximate surface area is 128 Å². The normalized spacial score (nSPS) is 10.9. The molecule has 0 bridgehead atoms. The summed E-state index contributed by atoms with van der Waals surface area (Å²) in [5.41, 5.74) is 7.33. The van der Waals surface area contributed by atoms with Gasteiger partial charge in [0.1, 0.15) is 6.07 Å². The zero-order valence-corrected chi connectivity index (χ0v) is 12.7. The van der Waals surface area contributed by atoms with Crippen molar-refractivity contribution in [2.24, 2.45) is 0 Å². The number of halogens is 1. The number of nitrogens with zero attached hydrogens (tertiary/aromatic N) is 1. The highest BCUT2D eigenvalue weighted by Gasteiger charge is 2.15. The number of nitrogens with two attached hydrogens (primary N) is 1. The number of rotatable bonds is 3. The minimum Gasteiger partial charge on any atom is -0.399 e. The number of hydrogen-bond acceptors (Lipinski definition) is 4. The smallest absolute Gasteiger partial charge is 0.261 e. The molecule has 2 rings (SSSR count). The van der Waals surface area contributed by atoms with E-state index in [0.29, 0.717) is 5.69 Å². The van der Waals surface area contributed by atoms with E-state index < -0.39 is 10.0 Å². The molecule has 0 fully saturated rings. The zero-order valence-electron chi connectivity index (χ0n) is 11.1. The molecule has 0 heterocycles. The van der Waals surface area contributed by atoms with Crippen molar-refractivity contribution in [2.45, 2.75) is 11.8 Å². The second-order valence-electron chi connectivity index (χ2n) is 4.49. The Balaban J connectivity index is 2.38. The number of nitrogens with one attached hydrogen (secondary N) is 1. The van der Waals surface area contributed by atoms with Gasteiger partial charge in [0.05, 0.1) is 21.2 Å². The van der Waals surface area contributed by atoms with Gasteiger partial charge in [-0.3, -0.25) is 4.72 Å². The predicted molar refractivity (Wildman–Crippen MR) is 82.6 cm³/mol. The molecule has 0 radical (unpaired) electrons. The molecule has 0 aliphatic carbocycles. The molecule has 0 saturated heterocycles. The Morgan fingerprint density at radius 3 is 2.52 bits per heavy atom. The maximum Gasteiger partial charge on any atom is 0.261 e. The lowest BCUT2D eigenvalue weighted by Crippen LogP contribution is -2.13. The van der Waals surface area contributed by atoms with Gasteiger partial charge < -0.3 is 5.73 Å². The van der Waals surface area contributed by atoms with Gasteiger partial charge in [-0.25, -0.2) is 8.42 Å². The third-order valence-corrected chi connectivity index (χ3v) is 4.40. The van der Waals surface area contributed by atoms with Crippen LogP contribution in [0.25, 0.3) is 0 Å². The molecule has 2 aromatic rings. The third kappa shape index (κ3) is 3.45. The van der Waals surface area contributed by atoms with E-state index in [1.54, 1.807) is 13.0 Å². The van der Waals surface area contributed by atoms with Gasteiger partial charge in [-0.05, 0) is 48.9 Å². The number of sulfonamides is 1. The van der Waals surface area contributed by atoms with Gasteiger partial charge in [0.25, 0.3) is 10.0 Å². The molecule has 0 spiro atoms. The summed E-state index contributed by atoms with van der Waals surface area (Å²) in [6, 6.07) is 10.8. The summed E-state index contributed by atoms with van der Waals surface area (Å²) >= 11 is 5.88.